The fourth-order valence-corrected chi connectivity index (χ4v) is 1.07. The standard InChI is InChI=1S/C10H21NO2/c1-4-6-8(3)7-13-10(12)9(11)5-2/h8-9H,4-7,11H2,1-3H3/t8?,9-/m0/s1. The Labute approximate surface area is 80.6 Å². The van der Waals surface area contributed by atoms with Gasteiger partial charge in [-0.2, -0.15) is 0 Å². The third-order valence-corrected chi connectivity index (χ3v) is 2.03. The molecule has 0 aliphatic heterocycles. The van der Waals surface area contributed by atoms with Crippen LogP contribution in [0.2, 0.25) is 0 Å². The van der Waals surface area contributed by atoms with E-state index in [9.17, 15) is 4.79 Å². The van der Waals surface area contributed by atoms with Gasteiger partial charge in [0.2, 0.25) is 0 Å². The molecule has 0 bridgehead atoms. The molecule has 0 aromatic rings. The van der Waals surface area contributed by atoms with Crippen molar-refractivity contribution in [3.05, 3.63) is 0 Å². The number of rotatable bonds is 6. The van der Waals surface area contributed by atoms with Crippen LogP contribution in [0.25, 0.3) is 0 Å². The summed E-state index contributed by atoms with van der Waals surface area (Å²) in [6.45, 7) is 6.58. The molecule has 0 aromatic carbocycles. The number of ether oxygens (including phenoxy) is 1. The van der Waals surface area contributed by atoms with Crippen LogP contribution >= 0.6 is 0 Å². The van der Waals surface area contributed by atoms with Crippen LogP contribution in [0.4, 0.5) is 0 Å². The Morgan fingerprint density at radius 1 is 1.46 bits per heavy atom. The van der Waals surface area contributed by atoms with Gasteiger partial charge in [0, 0.05) is 0 Å². The Morgan fingerprint density at radius 3 is 2.54 bits per heavy atom. The van der Waals surface area contributed by atoms with Crippen molar-refractivity contribution in [1.29, 1.82) is 0 Å². The zero-order valence-corrected chi connectivity index (χ0v) is 8.88. The molecule has 78 valence electrons. The Morgan fingerprint density at radius 2 is 2.08 bits per heavy atom. The fourth-order valence-electron chi connectivity index (χ4n) is 1.07. The molecule has 2 atom stereocenters. The van der Waals surface area contributed by atoms with E-state index in [1.807, 2.05) is 6.92 Å². The van der Waals surface area contributed by atoms with E-state index in [4.69, 9.17) is 10.5 Å². The molecule has 2 N–H and O–H groups in total. The lowest BCUT2D eigenvalue weighted by Gasteiger charge is -2.13. The molecule has 0 radical (unpaired) electrons. The molecule has 0 spiro atoms. The zero-order chi connectivity index (χ0) is 10.3. The third-order valence-electron chi connectivity index (χ3n) is 2.03. The van der Waals surface area contributed by atoms with Gasteiger partial charge in [-0.1, -0.05) is 27.2 Å². The summed E-state index contributed by atoms with van der Waals surface area (Å²) < 4.78 is 5.05. The first-order chi connectivity index (χ1) is 6.11. The number of carbonyl (C=O) groups excluding carboxylic acids is 1. The van der Waals surface area contributed by atoms with Crippen molar-refractivity contribution in [2.45, 2.75) is 46.1 Å². The molecule has 0 aromatic heterocycles. The second-order valence-corrected chi connectivity index (χ2v) is 3.54. The predicted molar refractivity (Wildman–Crippen MR) is 53.3 cm³/mol. The summed E-state index contributed by atoms with van der Waals surface area (Å²) in [5, 5.41) is 0. The van der Waals surface area contributed by atoms with Crippen molar-refractivity contribution in [2.75, 3.05) is 6.61 Å². The van der Waals surface area contributed by atoms with Crippen LogP contribution in [0.15, 0.2) is 0 Å². The van der Waals surface area contributed by atoms with Crippen molar-refractivity contribution in [1.82, 2.24) is 0 Å². The average Bonchev–Trinajstić information content (AvgIpc) is 2.13. The minimum Gasteiger partial charge on any atom is -0.464 e. The quantitative estimate of drug-likeness (QED) is 0.644. The summed E-state index contributed by atoms with van der Waals surface area (Å²) in [5.41, 5.74) is 5.50. The maximum atomic E-state index is 11.1. The Kier molecular flexibility index (Phi) is 6.59. The number of carbonyl (C=O) groups is 1. The van der Waals surface area contributed by atoms with E-state index in [-0.39, 0.29) is 5.97 Å². The second kappa shape index (κ2) is 6.89. The van der Waals surface area contributed by atoms with Crippen molar-refractivity contribution in [2.24, 2.45) is 11.7 Å². The normalized spacial score (nSPS) is 15.1. The highest BCUT2D eigenvalue weighted by atomic mass is 16.5. The molecule has 3 heteroatoms. The predicted octanol–water partition coefficient (Wildman–Crippen LogP) is 1.70. The van der Waals surface area contributed by atoms with E-state index in [1.54, 1.807) is 0 Å². The van der Waals surface area contributed by atoms with Crippen LogP contribution in [0.3, 0.4) is 0 Å². The Hall–Kier alpha value is -0.570. The van der Waals surface area contributed by atoms with Crippen LogP contribution < -0.4 is 5.73 Å². The molecule has 0 saturated heterocycles. The molecule has 0 aliphatic carbocycles. The van der Waals surface area contributed by atoms with Crippen molar-refractivity contribution < 1.29 is 9.53 Å². The second-order valence-electron chi connectivity index (χ2n) is 3.54. The summed E-state index contributed by atoms with van der Waals surface area (Å²) in [5.74, 6) is 0.170. The van der Waals surface area contributed by atoms with E-state index < -0.39 is 6.04 Å². The third kappa shape index (κ3) is 5.64. The van der Waals surface area contributed by atoms with Gasteiger partial charge in [-0.25, -0.2) is 0 Å². The fraction of sp³-hybridized carbons (Fsp3) is 0.900. The lowest BCUT2D eigenvalue weighted by atomic mass is 10.1. The molecular formula is C10H21NO2. The number of nitrogens with two attached hydrogens (primary N) is 1. The lowest BCUT2D eigenvalue weighted by Crippen LogP contribution is -2.32. The molecule has 0 heterocycles. The van der Waals surface area contributed by atoms with E-state index in [2.05, 4.69) is 13.8 Å². The molecular weight excluding hydrogens is 166 g/mol. The summed E-state index contributed by atoms with van der Waals surface area (Å²) in [4.78, 5) is 11.1. The van der Waals surface area contributed by atoms with Gasteiger partial charge < -0.3 is 10.5 Å². The van der Waals surface area contributed by atoms with Crippen LogP contribution in [-0.2, 0) is 9.53 Å². The number of esters is 1. The van der Waals surface area contributed by atoms with Gasteiger partial charge >= 0.3 is 5.97 Å². The van der Waals surface area contributed by atoms with Gasteiger partial charge in [-0.3, -0.25) is 4.79 Å². The van der Waals surface area contributed by atoms with Gasteiger partial charge in [0.25, 0.3) is 0 Å². The first-order valence-corrected chi connectivity index (χ1v) is 5.04. The minimum atomic E-state index is -0.450. The van der Waals surface area contributed by atoms with E-state index >= 15 is 0 Å². The molecule has 0 saturated carbocycles. The van der Waals surface area contributed by atoms with E-state index in [1.165, 1.54) is 0 Å². The summed E-state index contributed by atoms with van der Waals surface area (Å²) in [6, 6.07) is -0.450. The maximum absolute atomic E-state index is 11.1. The molecule has 1 unspecified atom stereocenters. The van der Waals surface area contributed by atoms with E-state index in [0.29, 0.717) is 18.9 Å². The topological polar surface area (TPSA) is 52.3 Å². The molecule has 0 amide bonds. The minimum absolute atomic E-state index is 0.273. The molecule has 0 aliphatic rings. The summed E-state index contributed by atoms with van der Waals surface area (Å²) in [7, 11) is 0. The van der Waals surface area contributed by atoms with Crippen molar-refractivity contribution in [3.63, 3.8) is 0 Å². The molecule has 0 rings (SSSR count). The largest absolute Gasteiger partial charge is 0.464 e. The Balaban J connectivity index is 3.57. The van der Waals surface area contributed by atoms with Gasteiger partial charge in [0.05, 0.1) is 6.61 Å². The highest BCUT2D eigenvalue weighted by Gasteiger charge is 2.13. The first-order valence-electron chi connectivity index (χ1n) is 5.04. The van der Waals surface area contributed by atoms with Gasteiger partial charge in [0.15, 0.2) is 0 Å². The van der Waals surface area contributed by atoms with Crippen LogP contribution in [0, 0.1) is 5.92 Å². The van der Waals surface area contributed by atoms with Crippen molar-refractivity contribution >= 4 is 5.97 Å². The van der Waals surface area contributed by atoms with Gasteiger partial charge in [-0.05, 0) is 18.8 Å². The maximum Gasteiger partial charge on any atom is 0.322 e. The lowest BCUT2D eigenvalue weighted by molar-refractivity contribution is -0.146. The van der Waals surface area contributed by atoms with E-state index in [0.717, 1.165) is 12.8 Å². The van der Waals surface area contributed by atoms with Crippen LogP contribution in [0.5, 0.6) is 0 Å². The SMILES string of the molecule is CCCC(C)COC(=O)[C@@H](N)CC. The average molecular weight is 187 g/mol. The number of hydrogen-bond acceptors (Lipinski definition) is 3. The Bertz CT molecular complexity index is 148. The van der Waals surface area contributed by atoms with Crippen LogP contribution in [-0.4, -0.2) is 18.6 Å². The summed E-state index contributed by atoms with van der Waals surface area (Å²) >= 11 is 0. The summed E-state index contributed by atoms with van der Waals surface area (Å²) in [6.07, 6.45) is 2.86. The van der Waals surface area contributed by atoms with Crippen LogP contribution in [0.1, 0.15) is 40.0 Å². The highest BCUT2D eigenvalue weighted by molar-refractivity contribution is 5.75. The first kappa shape index (κ1) is 12.4. The van der Waals surface area contributed by atoms with Gasteiger partial charge in [0.1, 0.15) is 6.04 Å². The molecule has 3 nitrogen and oxygen atoms in total. The zero-order valence-electron chi connectivity index (χ0n) is 8.88. The highest BCUT2D eigenvalue weighted by Crippen LogP contribution is 2.05. The van der Waals surface area contributed by atoms with Gasteiger partial charge in [-0.15, -0.1) is 0 Å². The molecule has 13 heavy (non-hydrogen) atoms. The monoisotopic (exact) mass is 187 g/mol. The molecule has 0 fully saturated rings. The van der Waals surface area contributed by atoms with Crippen molar-refractivity contribution in [3.8, 4) is 0 Å². The number of hydrogen-bond donors (Lipinski definition) is 1. The smallest absolute Gasteiger partial charge is 0.322 e.